The molecule has 0 saturated heterocycles. The van der Waals surface area contributed by atoms with Crippen molar-refractivity contribution in [3.63, 3.8) is 0 Å². The second-order valence-corrected chi connectivity index (χ2v) is 5.48. The molecular formula is C18H13F3N4O. The van der Waals surface area contributed by atoms with Gasteiger partial charge < -0.3 is 11.5 Å². The van der Waals surface area contributed by atoms with E-state index in [2.05, 4.69) is 9.98 Å². The second-order valence-electron chi connectivity index (χ2n) is 5.48. The maximum Gasteiger partial charge on any atom is 0.418 e. The number of nitrogens with two attached hydrogens (primary N) is 2. The standard InChI is InChI=1S/C18H13F3N4O/c19-18(20,21)14-5-2-8-24-15(14)12-4-1-3-10-6-7-11(9-13(10)12)16(26)25-17(22)23/h1-9H,(H4,22,23,25,26). The first kappa shape index (κ1) is 17.4. The molecule has 3 rings (SSSR count). The minimum atomic E-state index is -4.56. The molecule has 0 fully saturated rings. The number of hydrogen-bond acceptors (Lipinski definition) is 2. The molecule has 0 atom stereocenters. The maximum absolute atomic E-state index is 13.3. The summed E-state index contributed by atoms with van der Waals surface area (Å²) in [6, 6.07) is 11.6. The molecular weight excluding hydrogens is 345 g/mol. The molecule has 1 amide bonds. The van der Waals surface area contributed by atoms with Crippen LogP contribution in [0.3, 0.4) is 0 Å². The van der Waals surface area contributed by atoms with Gasteiger partial charge in [0.2, 0.25) is 0 Å². The van der Waals surface area contributed by atoms with Gasteiger partial charge in [0.05, 0.1) is 11.3 Å². The van der Waals surface area contributed by atoms with Crippen LogP contribution in [0.25, 0.3) is 22.0 Å². The fourth-order valence-corrected chi connectivity index (χ4v) is 2.64. The van der Waals surface area contributed by atoms with Crippen molar-refractivity contribution in [2.24, 2.45) is 16.5 Å². The van der Waals surface area contributed by atoms with Crippen molar-refractivity contribution in [1.82, 2.24) is 4.98 Å². The number of guanidine groups is 1. The maximum atomic E-state index is 13.3. The molecule has 0 aliphatic heterocycles. The summed E-state index contributed by atoms with van der Waals surface area (Å²) in [5.74, 6) is -1.08. The number of aliphatic imine (C=N–C) groups is 1. The van der Waals surface area contributed by atoms with Crippen molar-refractivity contribution in [3.05, 3.63) is 65.9 Å². The van der Waals surface area contributed by atoms with Gasteiger partial charge >= 0.3 is 6.18 Å². The Morgan fingerprint density at radius 3 is 2.50 bits per heavy atom. The van der Waals surface area contributed by atoms with E-state index >= 15 is 0 Å². The largest absolute Gasteiger partial charge is 0.418 e. The molecule has 0 radical (unpaired) electrons. The predicted octanol–water partition coefficient (Wildman–Crippen LogP) is 3.33. The fourth-order valence-electron chi connectivity index (χ4n) is 2.64. The summed E-state index contributed by atoms with van der Waals surface area (Å²) in [5, 5.41) is 1.09. The minimum Gasteiger partial charge on any atom is -0.370 e. The average Bonchev–Trinajstić information content (AvgIpc) is 2.59. The SMILES string of the molecule is NC(N)=NC(=O)c1ccc2cccc(-c3ncccc3C(F)(F)F)c2c1. The van der Waals surface area contributed by atoms with E-state index in [4.69, 9.17) is 11.5 Å². The molecule has 0 spiro atoms. The topological polar surface area (TPSA) is 94.4 Å². The van der Waals surface area contributed by atoms with E-state index in [0.29, 0.717) is 10.8 Å². The molecule has 1 aromatic heterocycles. The van der Waals surface area contributed by atoms with Crippen molar-refractivity contribution >= 4 is 22.6 Å². The summed E-state index contributed by atoms with van der Waals surface area (Å²) in [4.78, 5) is 19.4. The van der Waals surface area contributed by atoms with Gasteiger partial charge in [-0.2, -0.15) is 18.2 Å². The highest BCUT2D eigenvalue weighted by Crippen LogP contribution is 2.38. The number of hydrogen-bond donors (Lipinski definition) is 2. The first-order valence-electron chi connectivity index (χ1n) is 7.46. The van der Waals surface area contributed by atoms with Crippen molar-refractivity contribution in [1.29, 1.82) is 0 Å². The first-order valence-corrected chi connectivity index (χ1v) is 7.46. The van der Waals surface area contributed by atoms with Crippen LogP contribution >= 0.6 is 0 Å². The normalized spacial score (nSPS) is 11.3. The van der Waals surface area contributed by atoms with Crippen LogP contribution in [0.1, 0.15) is 15.9 Å². The molecule has 0 bridgehead atoms. The van der Waals surface area contributed by atoms with Gasteiger partial charge in [-0.15, -0.1) is 0 Å². The van der Waals surface area contributed by atoms with E-state index in [-0.39, 0.29) is 16.8 Å². The number of fused-ring (bicyclic) bond motifs is 1. The molecule has 3 aromatic rings. The lowest BCUT2D eigenvalue weighted by Gasteiger charge is -2.13. The third-order valence-corrected chi connectivity index (χ3v) is 3.73. The van der Waals surface area contributed by atoms with Gasteiger partial charge in [0.1, 0.15) is 0 Å². The Balaban J connectivity index is 2.25. The molecule has 0 aliphatic carbocycles. The zero-order chi connectivity index (χ0) is 18.9. The van der Waals surface area contributed by atoms with Crippen LogP contribution < -0.4 is 11.5 Å². The Morgan fingerprint density at radius 1 is 1.04 bits per heavy atom. The fraction of sp³-hybridized carbons (Fsp3) is 0.0556. The Hall–Kier alpha value is -3.42. The quantitative estimate of drug-likeness (QED) is 0.543. The van der Waals surface area contributed by atoms with Crippen LogP contribution in [0.5, 0.6) is 0 Å². The van der Waals surface area contributed by atoms with Gasteiger partial charge in [0.25, 0.3) is 5.91 Å². The second kappa shape index (κ2) is 6.47. The van der Waals surface area contributed by atoms with Crippen LogP contribution in [0.15, 0.2) is 59.7 Å². The van der Waals surface area contributed by atoms with Crippen LogP contribution in [0.2, 0.25) is 0 Å². The van der Waals surface area contributed by atoms with E-state index in [0.717, 1.165) is 6.07 Å². The lowest BCUT2D eigenvalue weighted by molar-refractivity contribution is -0.137. The summed E-state index contributed by atoms with van der Waals surface area (Å²) in [6.07, 6.45) is -3.27. The highest BCUT2D eigenvalue weighted by atomic mass is 19.4. The van der Waals surface area contributed by atoms with Crippen molar-refractivity contribution < 1.29 is 18.0 Å². The molecule has 8 heteroatoms. The first-order chi connectivity index (χ1) is 12.3. The van der Waals surface area contributed by atoms with Crippen LogP contribution in [-0.2, 0) is 6.18 Å². The number of halogens is 3. The number of alkyl halides is 3. The number of amides is 1. The number of aromatic nitrogens is 1. The molecule has 5 nitrogen and oxygen atoms in total. The molecule has 132 valence electrons. The number of rotatable bonds is 2. The smallest absolute Gasteiger partial charge is 0.370 e. The third-order valence-electron chi connectivity index (χ3n) is 3.73. The van der Waals surface area contributed by atoms with E-state index in [1.165, 1.54) is 30.5 Å². The molecule has 4 N–H and O–H groups in total. The summed E-state index contributed by atoms with van der Waals surface area (Å²) in [7, 11) is 0. The summed E-state index contributed by atoms with van der Waals surface area (Å²) in [5.41, 5.74) is 9.76. The summed E-state index contributed by atoms with van der Waals surface area (Å²) in [6.45, 7) is 0. The van der Waals surface area contributed by atoms with Gasteiger partial charge in [-0.05, 0) is 35.0 Å². The predicted molar refractivity (Wildman–Crippen MR) is 92.3 cm³/mol. The summed E-state index contributed by atoms with van der Waals surface area (Å²) < 4.78 is 40.0. The van der Waals surface area contributed by atoms with Gasteiger partial charge in [-0.25, -0.2) is 0 Å². The molecule has 0 aliphatic rings. The van der Waals surface area contributed by atoms with E-state index < -0.39 is 23.6 Å². The molecule has 1 heterocycles. The van der Waals surface area contributed by atoms with Crippen LogP contribution in [0.4, 0.5) is 13.2 Å². The Morgan fingerprint density at radius 2 is 1.81 bits per heavy atom. The molecule has 0 unspecified atom stereocenters. The Bertz CT molecular complexity index is 1020. The third kappa shape index (κ3) is 3.34. The van der Waals surface area contributed by atoms with Crippen molar-refractivity contribution in [3.8, 4) is 11.3 Å². The lowest BCUT2D eigenvalue weighted by Crippen LogP contribution is -2.24. The van der Waals surface area contributed by atoms with Crippen LogP contribution in [-0.4, -0.2) is 16.9 Å². The van der Waals surface area contributed by atoms with Crippen LogP contribution in [0, 0.1) is 0 Å². The van der Waals surface area contributed by atoms with Gasteiger partial charge in [-0.3, -0.25) is 9.78 Å². The molecule has 2 aromatic carbocycles. The number of nitrogens with zero attached hydrogens (tertiary/aromatic N) is 2. The van der Waals surface area contributed by atoms with Gasteiger partial charge in [0.15, 0.2) is 5.96 Å². The highest BCUT2D eigenvalue weighted by molar-refractivity contribution is 6.06. The minimum absolute atomic E-state index is 0.155. The van der Waals surface area contributed by atoms with E-state index in [1.54, 1.807) is 18.2 Å². The number of benzene rings is 2. The zero-order valence-corrected chi connectivity index (χ0v) is 13.3. The zero-order valence-electron chi connectivity index (χ0n) is 13.3. The summed E-state index contributed by atoms with van der Waals surface area (Å²) >= 11 is 0. The highest BCUT2D eigenvalue weighted by Gasteiger charge is 2.34. The van der Waals surface area contributed by atoms with E-state index in [1.807, 2.05) is 0 Å². The number of pyridine rings is 1. The molecule has 0 saturated carbocycles. The van der Waals surface area contributed by atoms with Gasteiger partial charge in [-0.1, -0.05) is 24.3 Å². The van der Waals surface area contributed by atoms with Crippen molar-refractivity contribution in [2.45, 2.75) is 6.18 Å². The van der Waals surface area contributed by atoms with Gasteiger partial charge in [0, 0.05) is 17.3 Å². The Labute approximate surface area is 146 Å². The lowest BCUT2D eigenvalue weighted by atomic mass is 9.97. The average molecular weight is 358 g/mol. The monoisotopic (exact) mass is 358 g/mol. The van der Waals surface area contributed by atoms with Crippen molar-refractivity contribution in [2.75, 3.05) is 0 Å². The number of carbonyl (C=O) groups is 1. The van der Waals surface area contributed by atoms with E-state index in [9.17, 15) is 18.0 Å². The molecule has 26 heavy (non-hydrogen) atoms. The Kier molecular flexibility index (Phi) is 4.33. The number of carbonyl (C=O) groups excluding carboxylic acids is 1.